The summed E-state index contributed by atoms with van der Waals surface area (Å²) in [6.45, 7) is 5.13. The van der Waals surface area contributed by atoms with Crippen LogP contribution in [0, 0.1) is 5.82 Å². The van der Waals surface area contributed by atoms with Gasteiger partial charge in [-0.2, -0.15) is 0 Å². The molecule has 0 aliphatic carbocycles. The molecule has 0 saturated heterocycles. The maximum atomic E-state index is 13.0. The maximum absolute atomic E-state index is 13.0. The largest absolute Gasteiger partial charge is 0.395 e. The van der Waals surface area contributed by atoms with Gasteiger partial charge in [0.15, 0.2) is 0 Å². The number of nitrogens with one attached hydrogen (secondary N) is 1. The molecule has 0 radical (unpaired) electrons. The number of ether oxygens (including phenoxy) is 1. The maximum Gasteiger partial charge on any atom is 0.148 e. The topological polar surface area (TPSA) is 47.3 Å². The third-order valence-corrected chi connectivity index (χ3v) is 1.92. The number of anilines is 2. The Hall–Kier alpha value is -1.29. The van der Waals surface area contributed by atoms with Gasteiger partial charge in [0.1, 0.15) is 5.82 Å². The second kappa shape index (κ2) is 5.56. The minimum atomic E-state index is -0.398. The second-order valence-corrected chi connectivity index (χ2v) is 3.55. The van der Waals surface area contributed by atoms with E-state index in [1.807, 2.05) is 13.8 Å². The summed E-state index contributed by atoms with van der Waals surface area (Å²) in [5.74, 6) is -0.398. The first kappa shape index (κ1) is 11.8. The van der Waals surface area contributed by atoms with E-state index in [-0.39, 0.29) is 11.8 Å². The highest BCUT2D eigenvalue weighted by Gasteiger charge is 2.02. The predicted octanol–water partition coefficient (Wildman–Crippen LogP) is 2.24. The Bertz CT molecular complexity index is 315. The highest BCUT2D eigenvalue weighted by atomic mass is 19.1. The molecular weight excluding hydrogens is 195 g/mol. The van der Waals surface area contributed by atoms with Gasteiger partial charge < -0.3 is 15.8 Å². The van der Waals surface area contributed by atoms with Gasteiger partial charge in [0, 0.05) is 6.54 Å². The lowest BCUT2D eigenvalue weighted by Gasteiger charge is -2.11. The number of halogens is 1. The van der Waals surface area contributed by atoms with Gasteiger partial charge in [-0.1, -0.05) is 6.07 Å². The van der Waals surface area contributed by atoms with E-state index in [4.69, 9.17) is 10.5 Å². The number of para-hydroxylation sites is 1. The van der Waals surface area contributed by atoms with E-state index < -0.39 is 5.82 Å². The lowest BCUT2D eigenvalue weighted by Crippen LogP contribution is -2.14. The molecule has 0 unspecified atom stereocenters. The number of rotatable bonds is 5. The van der Waals surface area contributed by atoms with Crippen LogP contribution in [0.15, 0.2) is 18.2 Å². The molecular formula is C11H17FN2O. The van der Waals surface area contributed by atoms with E-state index in [2.05, 4.69) is 5.32 Å². The van der Waals surface area contributed by atoms with Crippen molar-refractivity contribution in [1.29, 1.82) is 0 Å². The van der Waals surface area contributed by atoms with Gasteiger partial charge in [-0.05, 0) is 26.0 Å². The van der Waals surface area contributed by atoms with Crippen LogP contribution in [0.1, 0.15) is 13.8 Å². The van der Waals surface area contributed by atoms with Crippen LogP contribution in [0.5, 0.6) is 0 Å². The molecule has 15 heavy (non-hydrogen) atoms. The molecule has 1 aromatic carbocycles. The van der Waals surface area contributed by atoms with Crippen molar-refractivity contribution in [2.45, 2.75) is 20.0 Å². The molecule has 4 heteroatoms. The standard InChI is InChI=1S/C11H17FN2O/c1-8(2)15-7-6-14-10-5-3-4-9(12)11(10)13/h3-5,8,14H,6-7,13H2,1-2H3. The Morgan fingerprint density at radius 1 is 1.47 bits per heavy atom. The fourth-order valence-corrected chi connectivity index (χ4v) is 1.17. The van der Waals surface area contributed by atoms with E-state index in [9.17, 15) is 4.39 Å². The summed E-state index contributed by atoms with van der Waals surface area (Å²) >= 11 is 0. The van der Waals surface area contributed by atoms with Gasteiger partial charge in [-0.25, -0.2) is 4.39 Å². The molecule has 0 amide bonds. The van der Waals surface area contributed by atoms with Gasteiger partial charge >= 0.3 is 0 Å². The molecule has 0 bridgehead atoms. The molecule has 1 rings (SSSR count). The van der Waals surface area contributed by atoms with Crippen LogP contribution in [-0.2, 0) is 4.74 Å². The van der Waals surface area contributed by atoms with Gasteiger partial charge in [0.2, 0.25) is 0 Å². The minimum Gasteiger partial charge on any atom is -0.395 e. The number of nitrogen functional groups attached to an aromatic ring is 1. The Balaban J connectivity index is 2.41. The molecule has 0 fully saturated rings. The van der Waals surface area contributed by atoms with Gasteiger partial charge in [0.05, 0.1) is 24.1 Å². The van der Waals surface area contributed by atoms with E-state index in [0.29, 0.717) is 18.8 Å². The Kier molecular flexibility index (Phi) is 4.37. The van der Waals surface area contributed by atoms with E-state index >= 15 is 0 Å². The zero-order valence-electron chi connectivity index (χ0n) is 9.09. The minimum absolute atomic E-state index is 0.155. The summed E-state index contributed by atoms with van der Waals surface area (Å²) in [7, 11) is 0. The highest BCUT2D eigenvalue weighted by Crippen LogP contribution is 2.20. The molecule has 0 atom stereocenters. The summed E-state index contributed by atoms with van der Waals surface area (Å²) in [6, 6.07) is 4.70. The van der Waals surface area contributed by atoms with Crippen LogP contribution in [-0.4, -0.2) is 19.3 Å². The fraction of sp³-hybridized carbons (Fsp3) is 0.455. The normalized spacial score (nSPS) is 10.7. The lowest BCUT2D eigenvalue weighted by atomic mass is 10.2. The van der Waals surface area contributed by atoms with Crippen LogP contribution in [0.4, 0.5) is 15.8 Å². The first-order chi connectivity index (χ1) is 7.11. The van der Waals surface area contributed by atoms with Crippen molar-refractivity contribution < 1.29 is 9.13 Å². The molecule has 0 aromatic heterocycles. The third kappa shape index (κ3) is 3.75. The summed E-state index contributed by atoms with van der Waals surface area (Å²) in [5, 5.41) is 3.02. The van der Waals surface area contributed by atoms with E-state index in [1.54, 1.807) is 12.1 Å². The molecule has 0 aliphatic rings. The van der Waals surface area contributed by atoms with Gasteiger partial charge in [0.25, 0.3) is 0 Å². The Morgan fingerprint density at radius 2 is 2.20 bits per heavy atom. The SMILES string of the molecule is CC(C)OCCNc1cccc(F)c1N. The Labute approximate surface area is 89.4 Å². The van der Waals surface area contributed by atoms with Crippen molar-refractivity contribution in [3.63, 3.8) is 0 Å². The molecule has 1 aromatic rings. The third-order valence-electron chi connectivity index (χ3n) is 1.92. The average molecular weight is 212 g/mol. The number of hydrogen-bond donors (Lipinski definition) is 2. The van der Waals surface area contributed by atoms with Crippen molar-refractivity contribution in [1.82, 2.24) is 0 Å². The van der Waals surface area contributed by atoms with Crippen molar-refractivity contribution in [3.05, 3.63) is 24.0 Å². The molecule has 0 aliphatic heterocycles. The number of nitrogens with two attached hydrogens (primary N) is 1. The van der Waals surface area contributed by atoms with Crippen molar-refractivity contribution in [3.8, 4) is 0 Å². The zero-order valence-corrected chi connectivity index (χ0v) is 9.09. The molecule has 84 valence electrons. The lowest BCUT2D eigenvalue weighted by molar-refractivity contribution is 0.0870. The van der Waals surface area contributed by atoms with Crippen LogP contribution in [0.3, 0.4) is 0 Å². The second-order valence-electron chi connectivity index (χ2n) is 3.55. The molecule has 0 saturated carbocycles. The van der Waals surface area contributed by atoms with Crippen LogP contribution in [0.2, 0.25) is 0 Å². The average Bonchev–Trinajstić information content (AvgIpc) is 2.18. The summed E-state index contributed by atoms with van der Waals surface area (Å²) in [6.07, 6.45) is 0.205. The quantitative estimate of drug-likeness (QED) is 0.581. The first-order valence-electron chi connectivity index (χ1n) is 5.00. The molecule has 3 N–H and O–H groups in total. The van der Waals surface area contributed by atoms with Crippen LogP contribution in [0.25, 0.3) is 0 Å². The molecule has 0 spiro atoms. The zero-order chi connectivity index (χ0) is 11.3. The van der Waals surface area contributed by atoms with Crippen LogP contribution < -0.4 is 11.1 Å². The fourth-order valence-electron chi connectivity index (χ4n) is 1.17. The summed E-state index contributed by atoms with van der Waals surface area (Å²) in [4.78, 5) is 0. The molecule has 3 nitrogen and oxygen atoms in total. The molecule has 0 heterocycles. The van der Waals surface area contributed by atoms with E-state index in [1.165, 1.54) is 6.07 Å². The van der Waals surface area contributed by atoms with E-state index in [0.717, 1.165) is 0 Å². The summed E-state index contributed by atoms with van der Waals surface area (Å²) < 4.78 is 18.4. The van der Waals surface area contributed by atoms with Crippen molar-refractivity contribution in [2.75, 3.05) is 24.2 Å². The smallest absolute Gasteiger partial charge is 0.148 e. The number of hydrogen-bond acceptors (Lipinski definition) is 3. The monoisotopic (exact) mass is 212 g/mol. The Morgan fingerprint density at radius 3 is 2.87 bits per heavy atom. The van der Waals surface area contributed by atoms with Crippen molar-refractivity contribution >= 4 is 11.4 Å². The van der Waals surface area contributed by atoms with Gasteiger partial charge in [-0.3, -0.25) is 0 Å². The number of benzene rings is 1. The highest BCUT2D eigenvalue weighted by molar-refractivity contribution is 5.66. The van der Waals surface area contributed by atoms with Gasteiger partial charge in [-0.15, -0.1) is 0 Å². The predicted molar refractivity (Wildman–Crippen MR) is 60.4 cm³/mol. The summed E-state index contributed by atoms with van der Waals surface area (Å²) in [5.41, 5.74) is 6.31. The first-order valence-corrected chi connectivity index (χ1v) is 5.00. The van der Waals surface area contributed by atoms with Crippen LogP contribution >= 0.6 is 0 Å². The van der Waals surface area contributed by atoms with Crippen molar-refractivity contribution in [2.24, 2.45) is 0 Å².